The number of aryl methyl sites for hydroxylation is 1. The van der Waals surface area contributed by atoms with Gasteiger partial charge < -0.3 is 4.74 Å². The molecule has 0 bridgehead atoms. The molecule has 1 saturated heterocycles. The van der Waals surface area contributed by atoms with Crippen molar-refractivity contribution in [2.45, 2.75) is 13.0 Å². The monoisotopic (exact) mass is 212 g/mol. The molecule has 2 rings (SSSR count). The van der Waals surface area contributed by atoms with Crippen molar-refractivity contribution >= 4 is 15.9 Å². The number of benzene rings is 1. The number of rotatable bonds is 1. The Morgan fingerprint density at radius 2 is 2.27 bits per heavy atom. The standard InChI is InChI=1S/C9H9BrO/c1-6-2-3-7(8(10)4-6)9-5-11-9/h2-4,9H,5H2,1H3. The van der Waals surface area contributed by atoms with E-state index in [0.29, 0.717) is 6.10 Å². The highest BCUT2D eigenvalue weighted by molar-refractivity contribution is 9.10. The van der Waals surface area contributed by atoms with Crippen LogP contribution < -0.4 is 0 Å². The second kappa shape index (κ2) is 2.61. The van der Waals surface area contributed by atoms with Crippen LogP contribution in [-0.2, 0) is 4.74 Å². The predicted octanol–water partition coefficient (Wildman–Crippen LogP) is 2.83. The van der Waals surface area contributed by atoms with Crippen molar-refractivity contribution in [2.75, 3.05) is 6.61 Å². The number of ether oxygens (including phenoxy) is 1. The van der Waals surface area contributed by atoms with Crippen molar-refractivity contribution in [1.82, 2.24) is 0 Å². The molecule has 1 unspecified atom stereocenters. The molecule has 1 atom stereocenters. The second-order valence-electron chi connectivity index (χ2n) is 2.85. The van der Waals surface area contributed by atoms with Gasteiger partial charge in [0.15, 0.2) is 0 Å². The summed E-state index contributed by atoms with van der Waals surface area (Å²) in [5.41, 5.74) is 2.55. The van der Waals surface area contributed by atoms with E-state index in [0.717, 1.165) is 6.61 Å². The van der Waals surface area contributed by atoms with Gasteiger partial charge in [0.2, 0.25) is 0 Å². The Labute approximate surface area is 74.5 Å². The maximum atomic E-state index is 5.19. The third-order valence-corrected chi connectivity index (χ3v) is 2.52. The first-order chi connectivity index (χ1) is 5.27. The van der Waals surface area contributed by atoms with Gasteiger partial charge in [-0.25, -0.2) is 0 Å². The zero-order valence-electron chi connectivity index (χ0n) is 6.30. The molecule has 0 aromatic heterocycles. The molecule has 58 valence electrons. The molecule has 1 fully saturated rings. The lowest BCUT2D eigenvalue weighted by atomic mass is 10.1. The fourth-order valence-corrected chi connectivity index (χ4v) is 1.87. The van der Waals surface area contributed by atoms with Gasteiger partial charge in [0.05, 0.1) is 6.61 Å². The summed E-state index contributed by atoms with van der Waals surface area (Å²) in [6.07, 6.45) is 0.352. The molecular formula is C9H9BrO. The predicted molar refractivity (Wildman–Crippen MR) is 47.6 cm³/mol. The molecule has 2 heteroatoms. The molecule has 0 spiro atoms. The Balaban J connectivity index is 2.39. The van der Waals surface area contributed by atoms with E-state index in [1.54, 1.807) is 0 Å². The summed E-state index contributed by atoms with van der Waals surface area (Å²) in [4.78, 5) is 0. The molecule has 1 heterocycles. The van der Waals surface area contributed by atoms with Gasteiger partial charge in [0.1, 0.15) is 6.10 Å². The highest BCUT2D eigenvalue weighted by atomic mass is 79.9. The fourth-order valence-electron chi connectivity index (χ4n) is 1.12. The number of hydrogen-bond donors (Lipinski definition) is 0. The molecule has 0 radical (unpaired) electrons. The lowest BCUT2D eigenvalue weighted by molar-refractivity contribution is 0.415. The van der Waals surface area contributed by atoms with Gasteiger partial charge in [-0.3, -0.25) is 0 Å². The number of epoxide rings is 1. The molecule has 0 N–H and O–H groups in total. The summed E-state index contributed by atoms with van der Waals surface area (Å²) in [6, 6.07) is 6.36. The molecule has 0 amide bonds. The van der Waals surface area contributed by atoms with Crippen LogP contribution in [0, 0.1) is 6.92 Å². The summed E-state index contributed by atoms with van der Waals surface area (Å²) in [5, 5.41) is 0. The number of hydrogen-bond acceptors (Lipinski definition) is 1. The Hall–Kier alpha value is -0.340. The van der Waals surface area contributed by atoms with Crippen LogP contribution in [0.25, 0.3) is 0 Å². The first-order valence-electron chi connectivity index (χ1n) is 3.65. The zero-order valence-corrected chi connectivity index (χ0v) is 7.89. The van der Waals surface area contributed by atoms with Crippen LogP contribution in [0.2, 0.25) is 0 Å². The van der Waals surface area contributed by atoms with Gasteiger partial charge in [0, 0.05) is 4.47 Å². The first-order valence-corrected chi connectivity index (χ1v) is 4.44. The van der Waals surface area contributed by atoms with Gasteiger partial charge >= 0.3 is 0 Å². The van der Waals surface area contributed by atoms with Gasteiger partial charge in [0.25, 0.3) is 0 Å². The maximum absolute atomic E-state index is 5.19. The zero-order chi connectivity index (χ0) is 7.84. The summed E-state index contributed by atoms with van der Waals surface area (Å²) >= 11 is 3.51. The average molecular weight is 213 g/mol. The highest BCUT2D eigenvalue weighted by Gasteiger charge is 2.26. The van der Waals surface area contributed by atoms with Crippen molar-refractivity contribution < 1.29 is 4.74 Å². The molecule has 1 aliphatic heterocycles. The van der Waals surface area contributed by atoms with E-state index in [1.165, 1.54) is 15.6 Å². The first kappa shape index (κ1) is 7.32. The van der Waals surface area contributed by atoms with Crippen LogP contribution in [0.3, 0.4) is 0 Å². The van der Waals surface area contributed by atoms with Crippen LogP contribution >= 0.6 is 15.9 Å². The molecule has 1 nitrogen and oxygen atoms in total. The lowest BCUT2D eigenvalue weighted by Crippen LogP contribution is -1.83. The summed E-state index contributed by atoms with van der Waals surface area (Å²) in [5.74, 6) is 0. The lowest BCUT2D eigenvalue weighted by Gasteiger charge is -2.00. The van der Waals surface area contributed by atoms with E-state index in [1.807, 2.05) is 0 Å². The maximum Gasteiger partial charge on any atom is 0.107 e. The van der Waals surface area contributed by atoms with Gasteiger partial charge in [-0.05, 0) is 24.1 Å². The van der Waals surface area contributed by atoms with Crippen molar-refractivity contribution in [3.63, 3.8) is 0 Å². The normalized spacial score (nSPS) is 21.8. The van der Waals surface area contributed by atoms with Crippen LogP contribution in [0.4, 0.5) is 0 Å². The molecule has 1 aliphatic rings. The Morgan fingerprint density at radius 3 is 2.82 bits per heavy atom. The summed E-state index contributed by atoms with van der Waals surface area (Å²) < 4.78 is 6.35. The minimum Gasteiger partial charge on any atom is -0.368 e. The smallest absolute Gasteiger partial charge is 0.107 e. The average Bonchev–Trinajstić information content (AvgIpc) is 2.70. The second-order valence-corrected chi connectivity index (χ2v) is 3.70. The van der Waals surface area contributed by atoms with Crippen molar-refractivity contribution in [1.29, 1.82) is 0 Å². The SMILES string of the molecule is Cc1ccc(C2CO2)c(Br)c1. The Morgan fingerprint density at radius 1 is 1.55 bits per heavy atom. The molecule has 0 saturated carbocycles. The van der Waals surface area contributed by atoms with Crippen LogP contribution in [0.1, 0.15) is 17.2 Å². The Bertz CT molecular complexity index is 279. The van der Waals surface area contributed by atoms with Crippen molar-refractivity contribution in [3.8, 4) is 0 Å². The quantitative estimate of drug-likeness (QED) is 0.653. The number of halogens is 1. The largest absolute Gasteiger partial charge is 0.368 e. The minimum absolute atomic E-state index is 0.352. The van der Waals surface area contributed by atoms with Gasteiger partial charge in [-0.15, -0.1) is 0 Å². The molecule has 1 aromatic rings. The third kappa shape index (κ3) is 1.47. The fraction of sp³-hybridized carbons (Fsp3) is 0.333. The van der Waals surface area contributed by atoms with E-state index in [2.05, 4.69) is 41.1 Å². The van der Waals surface area contributed by atoms with Gasteiger partial charge in [-0.2, -0.15) is 0 Å². The van der Waals surface area contributed by atoms with Crippen LogP contribution in [0.5, 0.6) is 0 Å². The third-order valence-electron chi connectivity index (χ3n) is 1.84. The van der Waals surface area contributed by atoms with Crippen molar-refractivity contribution in [2.24, 2.45) is 0 Å². The van der Waals surface area contributed by atoms with Gasteiger partial charge in [-0.1, -0.05) is 28.1 Å². The summed E-state index contributed by atoms with van der Waals surface area (Å²) in [6.45, 7) is 2.96. The molecular weight excluding hydrogens is 204 g/mol. The van der Waals surface area contributed by atoms with E-state index >= 15 is 0 Å². The van der Waals surface area contributed by atoms with Crippen LogP contribution in [-0.4, -0.2) is 6.61 Å². The molecule has 0 aliphatic carbocycles. The van der Waals surface area contributed by atoms with Crippen LogP contribution in [0.15, 0.2) is 22.7 Å². The van der Waals surface area contributed by atoms with E-state index in [9.17, 15) is 0 Å². The summed E-state index contributed by atoms with van der Waals surface area (Å²) in [7, 11) is 0. The van der Waals surface area contributed by atoms with Crippen molar-refractivity contribution in [3.05, 3.63) is 33.8 Å². The highest BCUT2D eigenvalue weighted by Crippen LogP contribution is 2.35. The molecule has 1 aromatic carbocycles. The topological polar surface area (TPSA) is 12.5 Å². The van der Waals surface area contributed by atoms with E-state index in [-0.39, 0.29) is 0 Å². The molecule has 11 heavy (non-hydrogen) atoms. The van der Waals surface area contributed by atoms with E-state index in [4.69, 9.17) is 4.74 Å². The van der Waals surface area contributed by atoms with E-state index < -0.39 is 0 Å². The minimum atomic E-state index is 0.352. The Kier molecular flexibility index (Phi) is 1.74.